The number of phosphoric ester groups is 1. The lowest BCUT2D eigenvalue weighted by molar-refractivity contribution is -0.0503. The molecule has 1 aliphatic rings. The van der Waals surface area contributed by atoms with Crippen molar-refractivity contribution in [3.8, 4) is 0 Å². The monoisotopic (exact) mass is 399 g/mol. The standard InChI is InChI=1S/C10H14N5O8P.2H2O/c11-10-13-7-4(8(18)14-10)12-2-15(7)9-6(17)5(16)3(23-9)1-22-24(19,20)21;;/h2-3,5-6,9,16-17H,1H2,(H2,19,20,21)(H3,11,13,14,18);2*1H2/t3-,5-,6-,9-;;/m1../s1. The zero-order chi connectivity index (χ0) is 17.6. The van der Waals surface area contributed by atoms with Gasteiger partial charge in [-0.2, -0.15) is 4.98 Å². The maximum Gasteiger partial charge on any atom is 0.469 e. The first-order valence-corrected chi connectivity index (χ1v) is 8.14. The lowest BCUT2D eigenvalue weighted by atomic mass is 10.1. The average Bonchev–Trinajstić information content (AvgIpc) is 3.00. The minimum absolute atomic E-state index is 0. The zero-order valence-corrected chi connectivity index (χ0v) is 13.8. The highest BCUT2D eigenvalue weighted by atomic mass is 31.2. The van der Waals surface area contributed by atoms with Gasteiger partial charge in [0.25, 0.3) is 5.56 Å². The van der Waals surface area contributed by atoms with Crippen molar-refractivity contribution >= 4 is 24.9 Å². The van der Waals surface area contributed by atoms with E-state index in [1.807, 2.05) is 0 Å². The normalized spacial score (nSPS) is 25.7. The van der Waals surface area contributed by atoms with Crippen LogP contribution in [0.3, 0.4) is 0 Å². The molecule has 0 radical (unpaired) electrons. The largest absolute Gasteiger partial charge is 0.469 e. The van der Waals surface area contributed by atoms with Crippen molar-refractivity contribution in [1.29, 1.82) is 0 Å². The van der Waals surface area contributed by atoms with Crippen LogP contribution in [0.1, 0.15) is 6.23 Å². The Labute approximate surface area is 143 Å². The second kappa shape index (κ2) is 7.75. The van der Waals surface area contributed by atoms with E-state index in [2.05, 4.69) is 19.5 Å². The number of nitrogens with one attached hydrogen (secondary N) is 1. The summed E-state index contributed by atoms with van der Waals surface area (Å²) in [6, 6.07) is 0. The Morgan fingerprint density at radius 2 is 2.00 bits per heavy atom. The topological polar surface area (TPSA) is 269 Å². The Balaban J connectivity index is 0.00000169. The maximum atomic E-state index is 11.7. The zero-order valence-electron chi connectivity index (χ0n) is 12.9. The van der Waals surface area contributed by atoms with Crippen LogP contribution in [0.5, 0.6) is 0 Å². The summed E-state index contributed by atoms with van der Waals surface area (Å²) in [4.78, 5) is 39.1. The molecule has 2 aromatic heterocycles. The first kappa shape index (κ1) is 22.1. The predicted molar refractivity (Wildman–Crippen MR) is 83.7 cm³/mol. The van der Waals surface area contributed by atoms with Gasteiger partial charge in [-0.05, 0) is 0 Å². The van der Waals surface area contributed by atoms with E-state index < -0.39 is 44.5 Å². The molecule has 4 atom stereocenters. The fraction of sp³-hybridized carbons (Fsp3) is 0.500. The number of H-pyrrole nitrogens is 1. The smallest absolute Gasteiger partial charge is 0.412 e. The molecular formula is C10H18N5O10P. The van der Waals surface area contributed by atoms with E-state index in [1.54, 1.807) is 0 Å². The Morgan fingerprint density at radius 1 is 1.35 bits per heavy atom. The third-order valence-corrected chi connectivity index (χ3v) is 3.95. The first-order valence-electron chi connectivity index (χ1n) is 6.61. The molecule has 0 aromatic carbocycles. The molecule has 15 nitrogen and oxygen atoms in total. The van der Waals surface area contributed by atoms with E-state index in [1.165, 1.54) is 10.9 Å². The first-order chi connectivity index (χ1) is 11.2. The van der Waals surface area contributed by atoms with Crippen LogP contribution >= 0.6 is 7.82 Å². The number of hydrogen-bond acceptors (Lipinski definition) is 9. The van der Waals surface area contributed by atoms with E-state index in [0.29, 0.717) is 0 Å². The summed E-state index contributed by atoms with van der Waals surface area (Å²) in [6.45, 7) is -0.651. The van der Waals surface area contributed by atoms with Crippen molar-refractivity contribution in [3.05, 3.63) is 16.7 Å². The van der Waals surface area contributed by atoms with Crippen molar-refractivity contribution in [1.82, 2.24) is 19.5 Å². The molecule has 3 rings (SSSR count). The molecule has 3 heterocycles. The molecule has 0 bridgehead atoms. The van der Waals surface area contributed by atoms with Gasteiger partial charge in [0.15, 0.2) is 17.4 Å². The number of nitrogens with zero attached hydrogens (tertiary/aromatic N) is 3. The predicted octanol–water partition coefficient (Wildman–Crippen LogP) is -4.22. The highest BCUT2D eigenvalue weighted by Crippen LogP contribution is 2.38. The summed E-state index contributed by atoms with van der Waals surface area (Å²) in [5.74, 6) is -0.177. The molecule has 26 heavy (non-hydrogen) atoms. The second-order valence-electron chi connectivity index (χ2n) is 5.11. The van der Waals surface area contributed by atoms with Crippen LogP contribution in [-0.4, -0.2) is 75.4 Å². The number of fused-ring (bicyclic) bond motifs is 1. The SMILES string of the molecule is Nc1nc2c(ncn2[C@@H]2O[C@H](COP(=O)(O)O)[C@@H](O)[C@H]2O)c(=O)[nH]1.O.O. The molecule has 1 fully saturated rings. The number of rotatable bonds is 4. The molecule has 1 aliphatic heterocycles. The molecule has 0 spiro atoms. The Bertz CT molecular complexity index is 863. The summed E-state index contributed by atoms with van der Waals surface area (Å²) in [7, 11) is -4.76. The summed E-state index contributed by atoms with van der Waals surface area (Å²) in [6.07, 6.45) is -4.22. The Kier molecular flexibility index (Phi) is 6.59. The van der Waals surface area contributed by atoms with E-state index in [4.69, 9.17) is 20.3 Å². The minimum Gasteiger partial charge on any atom is -0.412 e. The molecule has 1 saturated heterocycles. The van der Waals surface area contributed by atoms with Gasteiger partial charge in [-0.1, -0.05) is 0 Å². The van der Waals surface area contributed by atoms with Gasteiger partial charge in [-0.25, -0.2) is 9.55 Å². The highest BCUT2D eigenvalue weighted by molar-refractivity contribution is 7.46. The molecule has 0 unspecified atom stereocenters. The molecule has 11 N–H and O–H groups in total. The number of nitrogen functional groups attached to an aromatic ring is 1. The van der Waals surface area contributed by atoms with Crippen LogP contribution < -0.4 is 11.3 Å². The van der Waals surface area contributed by atoms with Crippen molar-refractivity contribution < 1.29 is 44.8 Å². The number of phosphoric acid groups is 1. The molecule has 2 aromatic rings. The number of nitrogens with two attached hydrogens (primary N) is 1. The molecular weight excluding hydrogens is 381 g/mol. The lowest BCUT2D eigenvalue weighted by Gasteiger charge is -2.16. The summed E-state index contributed by atoms with van der Waals surface area (Å²) >= 11 is 0. The van der Waals surface area contributed by atoms with Crippen LogP contribution in [0.2, 0.25) is 0 Å². The Hall–Kier alpha value is -1.94. The third-order valence-electron chi connectivity index (χ3n) is 3.47. The van der Waals surface area contributed by atoms with Crippen LogP contribution in [-0.2, 0) is 13.8 Å². The number of anilines is 1. The van der Waals surface area contributed by atoms with E-state index in [0.717, 1.165) is 0 Å². The van der Waals surface area contributed by atoms with Gasteiger partial charge >= 0.3 is 7.82 Å². The second-order valence-corrected chi connectivity index (χ2v) is 6.35. The summed E-state index contributed by atoms with van der Waals surface area (Å²) in [5, 5.41) is 20.1. The summed E-state index contributed by atoms with van der Waals surface area (Å²) in [5.41, 5.74) is 4.84. The van der Waals surface area contributed by atoms with Crippen LogP contribution in [0.15, 0.2) is 11.1 Å². The molecule has 0 aliphatic carbocycles. The number of ether oxygens (including phenoxy) is 1. The fourth-order valence-electron chi connectivity index (χ4n) is 2.40. The van der Waals surface area contributed by atoms with Gasteiger partial charge in [0.05, 0.1) is 12.9 Å². The number of aromatic amines is 1. The summed E-state index contributed by atoms with van der Waals surface area (Å²) < 4.78 is 21.6. The Morgan fingerprint density at radius 3 is 2.62 bits per heavy atom. The van der Waals surface area contributed by atoms with Gasteiger partial charge in [-0.15, -0.1) is 0 Å². The van der Waals surface area contributed by atoms with E-state index >= 15 is 0 Å². The fourth-order valence-corrected chi connectivity index (χ4v) is 2.74. The lowest BCUT2D eigenvalue weighted by Crippen LogP contribution is -2.33. The number of hydrogen-bond donors (Lipinski definition) is 6. The average molecular weight is 399 g/mol. The number of aromatic nitrogens is 4. The van der Waals surface area contributed by atoms with Crippen molar-refractivity contribution in [2.24, 2.45) is 0 Å². The minimum atomic E-state index is -4.76. The van der Waals surface area contributed by atoms with Crippen LogP contribution in [0, 0.1) is 0 Å². The van der Waals surface area contributed by atoms with Gasteiger partial charge in [0, 0.05) is 0 Å². The molecule has 16 heteroatoms. The van der Waals surface area contributed by atoms with Gasteiger partial charge in [0.1, 0.15) is 18.3 Å². The van der Waals surface area contributed by atoms with E-state index in [-0.39, 0.29) is 28.1 Å². The number of aliphatic hydroxyl groups is 2. The van der Waals surface area contributed by atoms with Crippen LogP contribution in [0.4, 0.5) is 5.95 Å². The quantitative estimate of drug-likeness (QED) is 0.268. The third kappa shape index (κ3) is 4.07. The van der Waals surface area contributed by atoms with Gasteiger partial charge < -0.3 is 41.4 Å². The van der Waals surface area contributed by atoms with Crippen molar-refractivity contribution in [2.45, 2.75) is 24.5 Å². The highest BCUT2D eigenvalue weighted by Gasteiger charge is 2.45. The van der Waals surface area contributed by atoms with Crippen LogP contribution in [0.25, 0.3) is 11.2 Å². The van der Waals surface area contributed by atoms with Gasteiger partial charge in [-0.3, -0.25) is 18.9 Å². The number of aliphatic hydroxyl groups excluding tert-OH is 2. The molecule has 148 valence electrons. The molecule has 0 saturated carbocycles. The van der Waals surface area contributed by atoms with Gasteiger partial charge in [0.2, 0.25) is 5.95 Å². The molecule has 0 amide bonds. The number of imidazole rings is 1. The van der Waals surface area contributed by atoms with Crippen molar-refractivity contribution in [3.63, 3.8) is 0 Å². The van der Waals surface area contributed by atoms with E-state index in [9.17, 15) is 19.6 Å². The maximum absolute atomic E-state index is 11.7. The van der Waals surface area contributed by atoms with Crippen molar-refractivity contribution in [2.75, 3.05) is 12.3 Å².